The van der Waals surface area contributed by atoms with Gasteiger partial charge in [-0.2, -0.15) is 0 Å². The fourth-order valence-corrected chi connectivity index (χ4v) is 2.54. The Labute approximate surface area is 114 Å². The van der Waals surface area contributed by atoms with E-state index in [1.165, 1.54) is 24.0 Å². The molecule has 0 saturated heterocycles. The highest BCUT2D eigenvalue weighted by molar-refractivity contribution is 7.99. The average Bonchev–Trinajstić information content (AvgIpc) is 2.31. The van der Waals surface area contributed by atoms with Gasteiger partial charge in [-0.1, -0.05) is 41.1 Å². The van der Waals surface area contributed by atoms with Crippen molar-refractivity contribution >= 4 is 29.3 Å². The van der Waals surface area contributed by atoms with Crippen LogP contribution in [0.3, 0.4) is 0 Å². The lowest BCUT2D eigenvalue weighted by Gasteiger charge is -2.04. The van der Waals surface area contributed by atoms with Gasteiger partial charge < -0.3 is 5.11 Å². The van der Waals surface area contributed by atoms with Crippen LogP contribution in [-0.4, -0.2) is 16.1 Å². The summed E-state index contributed by atoms with van der Waals surface area (Å²) in [7, 11) is 0. The number of aryl methyl sites for hydroxylation is 1. The smallest absolute Gasteiger partial charge is 0.337 e. The molecule has 1 heterocycles. The Hall–Kier alpha value is -1.52. The van der Waals surface area contributed by atoms with E-state index in [2.05, 4.69) is 4.98 Å². The van der Waals surface area contributed by atoms with Crippen LogP contribution in [0.2, 0.25) is 5.02 Å². The fraction of sp³-hybridized carbons (Fsp3) is 0.0769. The second-order valence-electron chi connectivity index (χ2n) is 3.73. The molecule has 18 heavy (non-hydrogen) atoms. The highest BCUT2D eigenvalue weighted by Gasteiger charge is 2.11. The number of carboxylic acids is 1. The van der Waals surface area contributed by atoms with Gasteiger partial charge in [0.25, 0.3) is 0 Å². The second-order valence-corrected chi connectivity index (χ2v) is 5.23. The van der Waals surface area contributed by atoms with Crippen molar-refractivity contribution in [2.45, 2.75) is 16.8 Å². The van der Waals surface area contributed by atoms with E-state index < -0.39 is 5.97 Å². The van der Waals surface area contributed by atoms with E-state index >= 15 is 0 Å². The number of nitrogens with zero attached hydrogens (tertiary/aromatic N) is 1. The molecule has 1 aromatic heterocycles. The van der Waals surface area contributed by atoms with Crippen molar-refractivity contribution in [1.29, 1.82) is 0 Å². The highest BCUT2D eigenvalue weighted by atomic mass is 35.5. The maximum Gasteiger partial charge on any atom is 0.337 e. The number of benzene rings is 1. The molecular weight excluding hydrogens is 270 g/mol. The number of carbonyl (C=O) groups is 1. The van der Waals surface area contributed by atoms with Crippen molar-refractivity contribution in [2.24, 2.45) is 0 Å². The third-order valence-corrected chi connectivity index (χ3v) is 3.50. The van der Waals surface area contributed by atoms with Gasteiger partial charge in [0.1, 0.15) is 5.03 Å². The van der Waals surface area contributed by atoms with Gasteiger partial charge in [-0.15, -0.1) is 0 Å². The predicted molar refractivity (Wildman–Crippen MR) is 71.5 cm³/mol. The largest absolute Gasteiger partial charge is 0.478 e. The Bertz CT molecular complexity index is 601. The zero-order chi connectivity index (χ0) is 13.1. The van der Waals surface area contributed by atoms with Gasteiger partial charge in [0.05, 0.1) is 10.6 Å². The molecule has 3 nitrogen and oxygen atoms in total. The van der Waals surface area contributed by atoms with E-state index in [0.717, 1.165) is 10.5 Å². The third-order valence-electron chi connectivity index (χ3n) is 2.27. The molecule has 5 heteroatoms. The van der Waals surface area contributed by atoms with Crippen LogP contribution in [0, 0.1) is 6.92 Å². The van der Waals surface area contributed by atoms with Crippen LogP contribution in [-0.2, 0) is 0 Å². The molecule has 0 aliphatic rings. The molecule has 1 aromatic carbocycles. The summed E-state index contributed by atoms with van der Waals surface area (Å²) in [6.07, 6.45) is 1.36. The Morgan fingerprint density at radius 1 is 1.39 bits per heavy atom. The molecule has 2 rings (SSSR count). The summed E-state index contributed by atoms with van der Waals surface area (Å²) in [5, 5.41) is 9.74. The number of hydrogen-bond donors (Lipinski definition) is 1. The molecule has 0 atom stereocenters. The van der Waals surface area contributed by atoms with E-state index in [4.69, 9.17) is 16.7 Å². The molecule has 0 unspecified atom stereocenters. The summed E-state index contributed by atoms with van der Waals surface area (Å²) in [6, 6.07) is 9.40. The van der Waals surface area contributed by atoms with Crippen molar-refractivity contribution in [1.82, 2.24) is 4.98 Å². The minimum absolute atomic E-state index is 0.0711. The molecule has 92 valence electrons. The van der Waals surface area contributed by atoms with Gasteiger partial charge in [0.2, 0.25) is 0 Å². The fourth-order valence-electron chi connectivity index (χ4n) is 1.44. The lowest BCUT2D eigenvalue weighted by Crippen LogP contribution is -1.98. The SMILES string of the molecule is Cc1cccc(Sc2cc(C(=O)O)c(Cl)cn2)c1. The molecule has 0 spiro atoms. The van der Waals surface area contributed by atoms with E-state index in [9.17, 15) is 4.79 Å². The van der Waals surface area contributed by atoms with Crippen molar-refractivity contribution in [3.8, 4) is 0 Å². The zero-order valence-corrected chi connectivity index (χ0v) is 11.1. The first kappa shape index (κ1) is 12.9. The maximum absolute atomic E-state index is 11.0. The molecular formula is C13H10ClNO2S. The average molecular weight is 280 g/mol. The normalized spacial score (nSPS) is 10.3. The van der Waals surface area contributed by atoms with Crippen LogP contribution in [0.1, 0.15) is 15.9 Å². The minimum Gasteiger partial charge on any atom is -0.478 e. The number of hydrogen-bond acceptors (Lipinski definition) is 3. The Morgan fingerprint density at radius 2 is 2.17 bits per heavy atom. The quantitative estimate of drug-likeness (QED) is 0.926. The summed E-state index contributed by atoms with van der Waals surface area (Å²) < 4.78 is 0. The number of aromatic carboxylic acids is 1. The van der Waals surface area contributed by atoms with Crippen LogP contribution in [0.25, 0.3) is 0 Å². The van der Waals surface area contributed by atoms with Crippen LogP contribution in [0.15, 0.2) is 46.5 Å². The van der Waals surface area contributed by atoms with Crippen LogP contribution < -0.4 is 0 Å². The standard InChI is InChI=1S/C13H10ClNO2S/c1-8-3-2-4-9(5-8)18-12-6-10(13(16)17)11(14)7-15-12/h2-7H,1H3,(H,16,17). The zero-order valence-electron chi connectivity index (χ0n) is 9.55. The van der Waals surface area contributed by atoms with Gasteiger partial charge >= 0.3 is 5.97 Å². The Morgan fingerprint density at radius 3 is 2.83 bits per heavy atom. The number of pyridine rings is 1. The molecule has 0 bridgehead atoms. The van der Waals surface area contributed by atoms with Gasteiger partial charge in [-0.05, 0) is 25.1 Å². The number of halogens is 1. The Kier molecular flexibility index (Phi) is 3.89. The highest BCUT2D eigenvalue weighted by Crippen LogP contribution is 2.28. The number of carboxylic acid groups (broad SMARTS) is 1. The van der Waals surface area contributed by atoms with Crippen LogP contribution in [0.5, 0.6) is 0 Å². The van der Waals surface area contributed by atoms with Crippen LogP contribution >= 0.6 is 23.4 Å². The van der Waals surface area contributed by atoms with Crippen molar-refractivity contribution in [3.63, 3.8) is 0 Å². The molecule has 0 fully saturated rings. The summed E-state index contributed by atoms with van der Waals surface area (Å²) in [5.74, 6) is -1.05. The second kappa shape index (κ2) is 5.42. The molecule has 0 aliphatic heterocycles. The van der Waals surface area contributed by atoms with Gasteiger partial charge in [0, 0.05) is 11.1 Å². The van der Waals surface area contributed by atoms with Crippen LogP contribution in [0.4, 0.5) is 0 Å². The van der Waals surface area contributed by atoms with Crippen molar-refractivity contribution in [3.05, 3.63) is 52.7 Å². The van der Waals surface area contributed by atoms with E-state index in [1.54, 1.807) is 0 Å². The molecule has 0 radical (unpaired) electrons. The summed E-state index contributed by atoms with van der Waals surface area (Å²) in [5.41, 5.74) is 1.22. The first-order valence-electron chi connectivity index (χ1n) is 5.19. The van der Waals surface area contributed by atoms with Gasteiger partial charge in [-0.3, -0.25) is 0 Å². The lowest BCUT2D eigenvalue weighted by molar-refractivity contribution is 0.0696. The monoisotopic (exact) mass is 279 g/mol. The first-order valence-corrected chi connectivity index (χ1v) is 6.39. The third kappa shape index (κ3) is 3.03. The molecule has 2 aromatic rings. The summed E-state index contributed by atoms with van der Waals surface area (Å²) in [4.78, 5) is 16.1. The van der Waals surface area contributed by atoms with Gasteiger partial charge in [-0.25, -0.2) is 9.78 Å². The number of rotatable bonds is 3. The molecule has 0 amide bonds. The van der Waals surface area contributed by atoms with Gasteiger partial charge in [0.15, 0.2) is 0 Å². The molecule has 0 aliphatic carbocycles. The minimum atomic E-state index is -1.05. The van der Waals surface area contributed by atoms with E-state index in [-0.39, 0.29) is 10.6 Å². The maximum atomic E-state index is 11.0. The topological polar surface area (TPSA) is 50.2 Å². The Balaban J connectivity index is 2.30. The molecule has 0 saturated carbocycles. The first-order chi connectivity index (χ1) is 8.56. The van der Waals surface area contributed by atoms with E-state index in [0.29, 0.717) is 5.03 Å². The predicted octanol–water partition coefficient (Wildman–Crippen LogP) is 3.89. The number of aromatic nitrogens is 1. The van der Waals surface area contributed by atoms with E-state index in [1.807, 2.05) is 31.2 Å². The lowest BCUT2D eigenvalue weighted by atomic mass is 10.2. The van der Waals surface area contributed by atoms with Crippen molar-refractivity contribution < 1.29 is 9.90 Å². The summed E-state index contributed by atoms with van der Waals surface area (Å²) >= 11 is 7.18. The van der Waals surface area contributed by atoms with Crippen molar-refractivity contribution in [2.75, 3.05) is 0 Å². The molecule has 1 N–H and O–H groups in total. The summed E-state index contributed by atoms with van der Waals surface area (Å²) in [6.45, 7) is 2.00.